The first-order valence-corrected chi connectivity index (χ1v) is 9.11. The van der Waals surface area contributed by atoms with Gasteiger partial charge in [-0.05, 0) is 44.0 Å². The van der Waals surface area contributed by atoms with E-state index in [1.807, 2.05) is 43.0 Å². The number of amides is 1. The Morgan fingerprint density at radius 2 is 2.12 bits per heavy atom. The molecular formula is C19H24ClN3O2. The molecule has 0 bridgehead atoms. The zero-order chi connectivity index (χ0) is 17.8. The maximum absolute atomic E-state index is 12.5. The number of aromatic amines is 1. The monoisotopic (exact) mass is 361 g/mol. The first kappa shape index (κ1) is 17.8. The Morgan fingerprint density at radius 3 is 2.76 bits per heavy atom. The van der Waals surface area contributed by atoms with Gasteiger partial charge in [-0.3, -0.25) is 9.89 Å². The predicted molar refractivity (Wildman–Crippen MR) is 98.1 cm³/mol. The highest BCUT2D eigenvalue weighted by molar-refractivity contribution is 6.30. The summed E-state index contributed by atoms with van der Waals surface area (Å²) < 4.78 is 5.98. The van der Waals surface area contributed by atoms with Crippen molar-refractivity contribution in [2.75, 3.05) is 13.1 Å². The Bertz CT molecular complexity index is 717. The molecule has 1 saturated heterocycles. The number of carbonyl (C=O) groups excluding carboxylic acids is 1. The number of piperidine rings is 1. The van der Waals surface area contributed by atoms with Crippen molar-refractivity contribution >= 4 is 17.5 Å². The van der Waals surface area contributed by atoms with Crippen LogP contribution in [0.15, 0.2) is 24.3 Å². The van der Waals surface area contributed by atoms with E-state index >= 15 is 0 Å². The van der Waals surface area contributed by atoms with Crippen LogP contribution in [0.25, 0.3) is 0 Å². The summed E-state index contributed by atoms with van der Waals surface area (Å²) >= 11 is 5.99. The number of rotatable bonds is 5. The van der Waals surface area contributed by atoms with Crippen molar-refractivity contribution in [1.82, 2.24) is 15.1 Å². The van der Waals surface area contributed by atoms with Crippen LogP contribution in [0.2, 0.25) is 5.02 Å². The summed E-state index contributed by atoms with van der Waals surface area (Å²) in [6.07, 6.45) is 3.11. The molecule has 25 heavy (non-hydrogen) atoms. The van der Waals surface area contributed by atoms with Gasteiger partial charge in [0.25, 0.3) is 0 Å². The fraction of sp³-hybridized carbons (Fsp3) is 0.474. The topological polar surface area (TPSA) is 58.2 Å². The molecular weight excluding hydrogens is 338 g/mol. The molecule has 1 aliphatic rings. The SMILES string of the molecule is Cc1n[nH]c(C)c1CCC(=O)N1CCC(Oc2cccc(Cl)c2)CC1. The van der Waals surface area contributed by atoms with Gasteiger partial charge in [-0.15, -0.1) is 0 Å². The molecule has 1 N–H and O–H groups in total. The number of nitrogens with zero attached hydrogens (tertiary/aromatic N) is 2. The normalized spacial score (nSPS) is 15.4. The van der Waals surface area contributed by atoms with Crippen LogP contribution >= 0.6 is 11.6 Å². The van der Waals surface area contributed by atoms with Crippen LogP contribution in [0.1, 0.15) is 36.2 Å². The molecule has 0 atom stereocenters. The minimum atomic E-state index is 0.140. The molecule has 1 aromatic heterocycles. The third kappa shape index (κ3) is 4.54. The number of hydrogen-bond donors (Lipinski definition) is 1. The molecule has 1 aromatic carbocycles. The van der Waals surface area contributed by atoms with Gasteiger partial charge in [-0.1, -0.05) is 17.7 Å². The van der Waals surface area contributed by atoms with Crippen molar-refractivity contribution in [3.63, 3.8) is 0 Å². The molecule has 5 nitrogen and oxygen atoms in total. The third-order valence-electron chi connectivity index (χ3n) is 4.76. The van der Waals surface area contributed by atoms with E-state index in [0.29, 0.717) is 11.4 Å². The molecule has 0 unspecified atom stereocenters. The van der Waals surface area contributed by atoms with Gasteiger partial charge in [-0.2, -0.15) is 5.10 Å². The Hall–Kier alpha value is -2.01. The lowest BCUT2D eigenvalue weighted by Crippen LogP contribution is -2.41. The van der Waals surface area contributed by atoms with E-state index in [1.54, 1.807) is 0 Å². The van der Waals surface area contributed by atoms with Gasteiger partial charge in [-0.25, -0.2) is 0 Å². The van der Waals surface area contributed by atoms with E-state index in [9.17, 15) is 4.79 Å². The molecule has 134 valence electrons. The van der Waals surface area contributed by atoms with Crippen molar-refractivity contribution in [1.29, 1.82) is 0 Å². The Balaban J connectivity index is 1.46. The summed E-state index contributed by atoms with van der Waals surface area (Å²) in [5.41, 5.74) is 3.20. The second kappa shape index (κ2) is 7.91. The number of H-pyrrole nitrogens is 1. The highest BCUT2D eigenvalue weighted by Crippen LogP contribution is 2.22. The standard InChI is InChI=1S/C19H24ClN3O2/c1-13-18(14(2)22-21-13)6-7-19(24)23-10-8-16(9-11-23)25-17-5-3-4-15(20)12-17/h3-5,12,16H,6-11H2,1-2H3,(H,21,22). The van der Waals surface area contributed by atoms with Gasteiger partial charge in [0.05, 0.1) is 5.69 Å². The number of likely N-dealkylation sites (tertiary alicyclic amines) is 1. The fourth-order valence-corrected chi connectivity index (χ4v) is 3.47. The van der Waals surface area contributed by atoms with E-state index in [1.165, 1.54) is 0 Å². The van der Waals surface area contributed by atoms with Crippen LogP contribution in [0, 0.1) is 13.8 Å². The summed E-state index contributed by atoms with van der Waals surface area (Å²) in [6.45, 7) is 5.46. The summed E-state index contributed by atoms with van der Waals surface area (Å²) in [7, 11) is 0. The summed E-state index contributed by atoms with van der Waals surface area (Å²) in [4.78, 5) is 14.4. The molecule has 1 amide bonds. The smallest absolute Gasteiger partial charge is 0.222 e. The molecule has 0 radical (unpaired) electrons. The number of ether oxygens (including phenoxy) is 1. The molecule has 2 heterocycles. The van der Waals surface area contributed by atoms with Crippen LogP contribution in [0.5, 0.6) is 5.75 Å². The highest BCUT2D eigenvalue weighted by Gasteiger charge is 2.24. The van der Waals surface area contributed by atoms with Crippen molar-refractivity contribution in [2.45, 2.75) is 45.6 Å². The molecule has 0 saturated carbocycles. The van der Waals surface area contributed by atoms with Gasteiger partial charge in [0.15, 0.2) is 0 Å². The molecule has 0 spiro atoms. The molecule has 6 heteroatoms. The number of aryl methyl sites for hydroxylation is 2. The van der Waals surface area contributed by atoms with E-state index < -0.39 is 0 Å². The number of nitrogens with one attached hydrogen (secondary N) is 1. The maximum Gasteiger partial charge on any atom is 0.222 e. The average Bonchev–Trinajstić information content (AvgIpc) is 2.92. The minimum Gasteiger partial charge on any atom is -0.490 e. The highest BCUT2D eigenvalue weighted by atomic mass is 35.5. The zero-order valence-corrected chi connectivity index (χ0v) is 15.5. The molecule has 1 fully saturated rings. The largest absolute Gasteiger partial charge is 0.490 e. The lowest BCUT2D eigenvalue weighted by atomic mass is 10.0. The minimum absolute atomic E-state index is 0.140. The fourth-order valence-electron chi connectivity index (χ4n) is 3.29. The predicted octanol–water partition coefficient (Wildman–Crippen LogP) is 3.68. The molecule has 1 aliphatic heterocycles. The Labute approximate surface area is 153 Å². The van der Waals surface area contributed by atoms with Gasteiger partial charge in [0.2, 0.25) is 5.91 Å². The van der Waals surface area contributed by atoms with Gasteiger partial charge in [0, 0.05) is 43.1 Å². The second-order valence-electron chi connectivity index (χ2n) is 6.57. The number of halogens is 1. The zero-order valence-electron chi connectivity index (χ0n) is 14.7. The van der Waals surface area contributed by atoms with Crippen LogP contribution in [0.4, 0.5) is 0 Å². The van der Waals surface area contributed by atoms with E-state index in [0.717, 1.165) is 55.1 Å². The quantitative estimate of drug-likeness (QED) is 0.883. The van der Waals surface area contributed by atoms with Crippen LogP contribution in [-0.2, 0) is 11.2 Å². The first-order chi connectivity index (χ1) is 12.0. The van der Waals surface area contributed by atoms with Crippen molar-refractivity contribution in [3.05, 3.63) is 46.2 Å². The summed E-state index contributed by atoms with van der Waals surface area (Å²) in [5.74, 6) is 1.00. The first-order valence-electron chi connectivity index (χ1n) is 8.73. The van der Waals surface area contributed by atoms with Crippen LogP contribution < -0.4 is 4.74 Å². The Kier molecular flexibility index (Phi) is 5.63. The number of hydrogen-bond acceptors (Lipinski definition) is 3. The van der Waals surface area contributed by atoms with E-state index in [2.05, 4.69) is 10.2 Å². The number of benzene rings is 1. The van der Waals surface area contributed by atoms with Crippen molar-refractivity contribution in [3.8, 4) is 5.75 Å². The third-order valence-corrected chi connectivity index (χ3v) is 5.00. The lowest BCUT2D eigenvalue weighted by Gasteiger charge is -2.32. The molecule has 2 aromatic rings. The lowest BCUT2D eigenvalue weighted by molar-refractivity contribution is -0.132. The Morgan fingerprint density at radius 1 is 1.36 bits per heavy atom. The maximum atomic E-state index is 12.5. The van der Waals surface area contributed by atoms with E-state index in [-0.39, 0.29) is 12.0 Å². The van der Waals surface area contributed by atoms with Gasteiger partial charge < -0.3 is 9.64 Å². The van der Waals surface area contributed by atoms with Crippen molar-refractivity contribution in [2.24, 2.45) is 0 Å². The molecule has 3 rings (SSSR count). The van der Waals surface area contributed by atoms with E-state index in [4.69, 9.17) is 16.3 Å². The second-order valence-corrected chi connectivity index (χ2v) is 7.00. The van der Waals surface area contributed by atoms with Gasteiger partial charge in [0.1, 0.15) is 11.9 Å². The van der Waals surface area contributed by atoms with Crippen LogP contribution in [0.3, 0.4) is 0 Å². The van der Waals surface area contributed by atoms with Crippen LogP contribution in [-0.4, -0.2) is 40.2 Å². The molecule has 0 aliphatic carbocycles. The van der Waals surface area contributed by atoms with Crippen molar-refractivity contribution < 1.29 is 9.53 Å². The number of aromatic nitrogens is 2. The van der Waals surface area contributed by atoms with Gasteiger partial charge >= 0.3 is 0 Å². The number of carbonyl (C=O) groups is 1. The summed E-state index contributed by atoms with van der Waals surface area (Å²) in [5, 5.41) is 7.83. The average molecular weight is 362 g/mol. The summed E-state index contributed by atoms with van der Waals surface area (Å²) in [6, 6.07) is 7.46.